The Morgan fingerprint density at radius 2 is 2.16 bits per heavy atom. The quantitative estimate of drug-likeness (QED) is 0.885. The topological polar surface area (TPSA) is 73.1 Å². The number of nitriles is 1. The summed E-state index contributed by atoms with van der Waals surface area (Å²) in [5, 5.41) is 8.97. The average molecular weight is 341 g/mol. The van der Waals surface area contributed by atoms with Crippen LogP contribution in [0.1, 0.15) is 27.7 Å². The van der Waals surface area contributed by atoms with E-state index in [0.29, 0.717) is 24.3 Å². The van der Waals surface area contributed by atoms with Crippen molar-refractivity contribution in [2.24, 2.45) is 13.0 Å². The first kappa shape index (κ1) is 17.1. The van der Waals surface area contributed by atoms with Crippen molar-refractivity contribution in [3.05, 3.63) is 59.2 Å². The van der Waals surface area contributed by atoms with E-state index in [-0.39, 0.29) is 23.7 Å². The van der Waals surface area contributed by atoms with E-state index in [1.807, 2.05) is 6.07 Å². The third kappa shape index (κ3) is 3.55. The Morgan fingerprint density at radius 3 is 2.80 bits per heavy atom. The molecule has 1 saturated heterocycles. The average Bonchev–Trinajstić information content (AvgIpc) is 3.21. The molecule has 1 aromatic heterocycles. The predicted octanol–water partition coefficient (Wildman–Crippen LogP) is 1.57. The Hall–Kier alpha value is -2.69. The van der Waals surface area contributed by atoms with Crippen LogP contribution in [0.2, 0.25) is 0 Å². The van der Waals surface area contributed by atoms with E-state index >= 15 is 0 Å². The van der Waals surface area contributed by atoms with Gasteiger partial charge >= 0.3 is 0 Å². The molecule has 2 heterocycles. The van der Waals surface area contributed by atoms with Gasteiger partial charge in [-0.3, -0.25) is 10.2 Å². The second-order valence-electron chi connectivity index (χ2n) is 6.34. The number of halogens is 1. The summed E-state index contributed by atoms with van der Waals surface area (Å²) >= 11 is 0. The molecule has 1 fully saturated rings. The van der Waals surface area contributed by atoms with E-state index in [1.165, 1.54) is 12.1 Å². The lowest BCUT2D eigenvalue weighted by Crippen LogP contribution is -2.35. The van der Waals surface area contributed by atoms with Gasteiger partial charge in [-0.05, 0) is 23.8 Å². The molecule has 0 radical (unpaired) electrons. The lowest BCUT2D eigenvalue weighted by molar-refractivity contribution is 0.0762. The van der Waals surface area contributed by atoms with Crippen molar-refractivity contribution in [1.29, 1.82) is 5.26 Å². The maximum Gasteiger partial charge on any atom is 0.270 e. The first-order valence-electron chi connectivity index (χ1n) is 8.05. The number of rotatable bonds is 4. The van der Waals surface area contributed by atoms with Crippen LogP contribution in [0.4, 0.5) is 4.39 Å². The number of carbonyl (C=O) groups excluding carboxylic acids is 1. The molecular weight excluding hydrogens is 321 g/mol. The molecule has 1 aliphatic rings. The minimum Gasteiger partial charge on any atom is -0.345 e. The molecule has 1 amide bonds. The molecular formula is C18H20FN5O. The van der Waals surface area contributed by atoms with Crippen molar-refractivity contribution < 1.29 is 9.18 Å². The second kappa shape index (κ2) is 7.05. The van der Waals surface area contributed by atoms with Crippen molar-refractivity contribution >= 4 is 5.91 Å². The van der Waals surface area contributed by atoms with E-state index in [2.05, 4.69) is 10.9 Å². The molecule has 130 valence electrons. The number of aryl methyl sites for hydroxylation is 1. The molecule has 7 heteroatoms. The van der Waals surface area contributed by atoms with E-state index in [4.69, 9.17) is 5.26 Å². The van der Waals surface area contributed by atoms with E-state index in [9.17, 15) is 9.18 Å². The van der Waals surface area contributed by atoms with Gasteiger partial charge in [-0.1, -0.05) is 12.1 Å². The van der Waals surface area contributed by atoms with Crippen LogP contribution in [0.3, 0.4) is 0 Å². The van der Waals surface area contributed by atoms with Gasteiger partial charge in [0.25, 0.3) is 5.91 Å². The number of aromatic nitrogens is 1. The normalized spacial score (nSPS) is 19.6. The van der Waals surface area contributed by atoms with Crippen LogP contribution >= 0.6 is 0 Å². The summed E-state index contributed by atoms with van der Waals surface area (Å²) in [4.78, 5) is 14.3. The third-order valence-corrected chi connectivity index (χ3v) is 4.53. The molecule has 2 unspecified atom stereocenters. The standard InChI is InChI=1S/C18H20FN5O/c1-23-10-12(8-20)7-16(23)18(25)24(2)11-14-9-21-22-17(14)13-3-5-15(19)6-4-13/h3-7,10,14,17,21-22H,9,11H2,1-2H3. The molecule has 0 aliphatic carbocycles. The summed E-state index contributed by atoms with van der Waals surface area (Å²) in [6.07, 6.45) is 1.64. The first-order valence-corrected chi connectivity index (χ1v) is 8.05. The Balaban J connectivity index is 1.72. The van der Waals surface area contributed by atoms with Crippen LogP contribution in [0.15, 0.2) is 36.5 Å². The molecule has 0 spiro atoms. The molecule has 2 atom stereocenters. The van der Waals surface area contributed by atoms with E-state index in [0.717, 1.165) is 5.56 Å². The fourth-order valence-electron chi connectivity index (χ4n) is 3.20. The van der Waals surface area contributed by atoms with Crippen molar-refractivity contribution in [2.75, 3.05) is 20.1 Å². The first-order chi connectivity index (χ1) is 12.0. The lowest BCUT2D eigenvalue weighted by atomic mass is 9.94. The van der Waals surface area contributed by atoms with Gasteiger partial charge in [-0.15, -0.1) is 0 Å². The zero-order chi connectivity index (χ0) is 18.0. The van der Waals surface area contributed by atoms with Crippen molar-refractivity contribution in [3.8, 4) is 6.07 Å². The SMILES string of the molecule is CN(CC1CNNC1c1ccc(F)cc1)C(=O)c1cc(C#N)cn1C. The van der Waals surface area contributed by atoms with Gasteiger partial charge in [-0.25, -0.2) is 9.82 Å². The number of nitrogens with one attached hydrogen (secondary N) is 2. The molecule has 2 N–H and O–H groups in total. The maximum absolute atomic E-state index is 13.1. The second-order valence-corrected chi connectivity index (χ2v) is 6.34. The zero-order valence-corrected chi connectivity index (χ0v) is 14.2. The molecule has 25 heavy (non-hydrogen) atoms. The lowest BCUT2D eigenvalue weighted by Gasteiger charge is -2.25. The minimum absolute atomic E-state index is 0.000989. The van der Waals surface area contributed by atoms with Crippen molar-refractivity contribution in [3.63, 3.8) is 0 Å². The number of hydrazine groups is 1. The molecule has 1 aromatic carbocycles. The summed E-state index contributed by atoms with van der Waals surface area (Å²) in [5.74, 6) is -0.251. The van der Waals surface area contributed by atoms with Crippen LogP contribution in [0.25, 0.3) is 0 Å². The molecule has 3 rings (SSSR count). The van der Waals surface area contributed by atoms with Crippen LogP contribution in [-0.2, 0) is 7.05 Å². The van der Waals surface area contributed by atoms with Gasteiger partial charge < -0.3 is 9.47 Å². The molecule has 0 saturated carbocycles. The summed E-state index contributed by atoms with van der Waals surface area (Å²) in [7, 11) is 3.50. The van der Waals surface area contributed by atoms with Crippen molar-refractivity contribution in [2.45, 2.75) is 6.04 Å². The van der Waals surface area contributed by atoms with Crippen LogP contribution in [0, 0.1) is 23.1 Å². The minimum atomic E-state index is -0.268. The van der Waals surface area contributed by atoms with Crippen LogP contribution in [-0.4, -0.2) is 35.5 Å². The molecule has 6 nitrogen and oxygen atoms in total. The maximum atomic E-state index is 13.1. The van der Waals surface area contributed by atoms with Crippen LogP contribution in [0.5, 0.6) is 0 Å². The van der Waals surface area contributed by atoms with Gasteiger partial charge in [-0.2, -0.15) is 5.26 Å². The Labute approximate surface area is 145 Å². The number of hydrogen-bond donors (Lipinski definition) is 2. The largest absolute Gasteiger partial charge is 0.345 e. The predicted molar refractivity (Wildman–Crippen MR) is 90.9 cm³/mol. The van der Waals surface area contributed by atoms with Gasteiger partial charge in [0, 0.05) is 39.3 Å². The zero-order valence-electron chi connectivity index (χ0n) is 14.2. The highest BCUT2D eigenvalue weighted by atomic mass is 19.1. The number of nitrogens with zero attached hydrogens (tertiary/aromatic N) is 3. The molecule has 0 bridgehead atoms. The van der Waals surface area contributed by atoms with Crippen molar-refractivity contribution in [1.82, 2.24) is 20.3 Å². The summed E-state index contributed by atoms with van der Waals surface area (Å²) in [6.45, 7) is 1.24. The fraction of sp³-hybridized carbons (Fsp3) is 0.333. The summed E-state index contributed by atoms with van der Waals surface area (Å²) in [6, 6.07) is 10.0. The Kier molecular flexibility index (Phi) is 4.83. The summed E-state index contributed by atoms with van der Waals surface area (Å²) < 4.78 is 14.8. The van der Waals surface area contributed by atoms with Gasteiger partial charge in [0.2, 0.25) is 0 Å². The highest BCUT2D eigenvalue weighted by Gasteiger charge is 2.30. The highest BCUT2D eigenvalue weighted by Crippen LogP contribution is 2.26. The molecule has 1 aliphatic heterocycles. The smallest absolute Gasteiger partial charge is 0.270 e. The van der Waals surface area contributed by atoms with E-state index in [1.54, 1.807) is 48.0 Å². The van der Waals surface area contributed by atoms with Gasteiger partial charge in [0.05, 0.1) is 11.6 Å². The van der Waals surface area contributed by atoms with Gasteiger partial charge in [0.1, 0.15) is 17.6 Å². The van der Waals surface area contributed by atoms with Gasteiger partial charge in [0.15, 0.2) is 0 Å². The fourth-order valence-corrected chi connectivity index (χ4v) is 3.20. The molecule has 2 aromatic rings. The van der Waals surface area contributed by atoms with E-state index < -0.39 is 0 Å². The Morgan fingerprint density at radius 1 is 1.44 bits per heavy atom. The summed E-state index contributed by atoms with van der Waals surface area (Å²) in [5.41, 5.74) is 8.23. The highest BCUT2D eigenvalue weighted by molar-refractivity contribution is 5.93. The number of hydrogen-bond acceptors (Lipinski definition) is 4. The number of benzene rings is 1. The monoisotopic (exact) mass is 341 g/mol. The third-order valence-electron chi connectivity index (χ3n) is 4.53. The Bertz CT molecular complexity index is 808. The number of carbonyl (C=O) groups is 1. The van der Waals surface area contributed by atoms with Crippen LogP contribution < -0.4 is 10.9 Å². The number of amides is 1.